The Morgan fingerprint density at radius 2 is 1.91 bits per heavy atom. The Bertz CT molecular complexity index is 654. The molecule has 0 unspecified atom stereocenters. The Hall–Kier alpha value is -2.63. The molecule has 0 aliphatic rings. The van der Waals surface area contributed by atoms with Crippen LogP contribution in [0.15, 0.2) is 30.3 Å². The van der Waals surface area contributed by atoms with Crippen LogP contribution in [0, 0.1) is 0 Å². The van der Waals surface area contributed by atoms with Gasteiger partial charge in [0, 0.05) is 20.2 Å². The Kier molecular flexibility index (Phi) is 4.93. The molecule has 0 radical (unpaired) electrons. The number of carbonyl (C=O) groups is 1. The number of aromatic carboxylic acids is 1. The maximum atomic E-state index is 11.1. The van der Waals surface area contributed by atoms with Gasteiger partial charge in [-0.2, -0.15) is 0 Å². The van der Waals surface area contributed by atoms with Gasteiger partial charge in [-0.1, -0.05) is 19.1 Å². The summed E-state index contributed by atoms with van der Waals surface area (Å²) in [5, 5.41) is 9.11. The zero-order valence-electron chi connectivity index (χ0n) is 12.9. The van der Waals surface area contributed by atoms with Gasteiger partial charge in [-0.25, -0.2) is 14.8 Å². The summed E-state index contributed by atoms with van der Waals surface area (Å²) in [6.07, 6.45) is 0.968. The van der Waals surface area contributed by atoms with Crippen LogP contribution in [0.2, 0.25) is 0 Å². The van der Waals surface area contributed by atoms with Crippen molar-refractivity contribution in [3.8, 4) is 5.75 Å². The third-order valence-corrected chi connectivity index (χ3v) is 3.14. The molecule has 1 aromatic heterocycles. The van der Waals surface area contributed by atoms with Gasteiger partial charge < -0.3 is 14.7 Å². The first kappa shape index (κ1) is 15.8. The lowest BCUT2D eigenvalue weighted by molar-refractivity contribution is 0.0689. The molecule has 116 valence electrons. The lowest BCUT2D eigenvalue weighted by atomic mass is 10.2. The number of benzene rings is 1. The third kappa shape index (κ3) is 3.94. The number of carboxylic acid groups (broad SMARTS) is 1. The highest BCUT2D eigenvalue weighted by Gasteiger charge is 2.12. The smallest absolute Gasteiger partial charge is 0.354 e. The fourth-order valence-electron chi connectivity index (χ4n) is 1.86. The molecular weight excluding hydrogens is 282 g/mol. The first-order valence-electron chi connectivity index (χ1n) is 7.00. The fourth-order valence-corrected chi connectivity index (χ4v) is 1.86. The van der Waals surface area contributed by atoms with Gasteiger partial charge in [0.05, 0.1) is 0 Å². The average Bonchev–Trinajstić information content (AvgIpc) is 2.53. The van der Waals surface area contributed by atoms with Gasteiger partial charge in [-0.05, 0) is 24.1 Å². The summed E-state index contributed by atoms with van der Waals surface area (Å²) >= 11 is 0. The van der Waals surface area contributed by atoms with E-state index in [-0.39, 0.29) is 12.3 Å². The standard InChI is InChI=1S/C16H19N3O3/c1-4-11-5-7-12(8-6-11)22-10-14-17-13(16(20)21)9-15(18-14)19(2)3/h5-9H,4,10H2,1-3H3,(H,20,21). The quantitative estimate of drug-likeness (QED) is 0.883. The molecule has 1 heterocycles. The predicted octanol–water partition coefficient (Wildman–Crippen LogP) is 2.38. The number of anilines is 1. The van der Waals surface area contributed by atoms with E-state index in [4.69, 9.17) is 9.84 Å². The van der Waals surface area contributed by atoms with Gasteiger partial charge in [0.1, 0.15) is 18.2 Å². The van der Waals surface area contributed by atoms with Crippen LogP contribution in [0.1, 0.15) is 28.8 Å². The monoisotopic (exact) mass is 301 g/mol. The van der Waals surface area contributed by atoms with Crippen molar-refractivity contribution in [3.63, 3.8) is 0 Å². The minimum absolute atomic E-state index is 0.0429. The van der Waals surface area contributed by atoms with Crippen molar-refractivity contribution in [1.82, 2.24) is 9.97 Å². The molecule has 0 saturated heterocycles. The Morgan fingerprint density at radius 3 is 2.45 bits per heavy atom. The summed E-state index contributed by atoms with van der Waals surface area (Å²) in [5.41, 5.74) is 1.19. The Balaban J connectivity index is 2.15. The van der Waals surface area contributed by atoms with Crippen LogP contribution in [-0.2, 0) is 13.0 Å². The van der Waals surface area contributed by atoms with Crippen molar-refractivity contribution in [1.29, 1.82) is 0 Å². The highest BCUT2D eigenvalue weighted by atomic mass is 16.5. The van der Waals surface area contributed by atoms with E-state index in [0.29, 0.717) is 17.4 Å². The van der Waals surface area contributed by atoms with E-state index in [0.717, 1.165) is 6.42 Å². The minimum Gasteiger partial charge on any atom is -0.486 e. The lowest BCUT2D eigenvalue weighted by Gasteiger charge is -2.13. The normalized spacial score (nSPS) is 10.3. The summed E-state index contributed by atoms with van der Waals surface area (Å²) in [5.74, 6) is 0.488. The second kappa shape index (κ2) is 6.89. The SMILES string of the molecule is CCc1ccc(OCc2nc(C(=O)O)cc(N(C)C)n2)cc1. The number of aromatic nitrogens is 2. The molecule has 0 fully saturated rings. The van der Waals surface area contributed by atoms with E-state index in [1.807, 2.05) is 24.3 Å². The van der Waals surface area contributed by atoms with Crippen LogP contribution in [0.25, 0.3) is 0 Å². The number of nitrogens with zero attached hydrogens (tertiary/aromatic N) is 3. The van der Waals surface area contributed by atoms with Crippen molar-refractivity contribution in [2.75, 3.05) is 19.0 Å². The molecule has 0 atom stereocenters. The second-order valence-electron chi connectivity index (χ2n) is 5.01. The Morgan fingerprint density at radius 1 is 1.23 bits per heavy atom. The topological polar surface area (TPSA) is 75.6 Å². The van der Waals surface area contributed by atoms with E-state index in [2.05, 4.69) is 16.9 Å². The number of rotatable bonds is 6. The number of ether oxygens (including phenoxy) is 1. The third-order valence-electron chi connectivity index (χ3n) is 3.14. The molecular formula is C16H19N3O3. The minimum atomic E-state index is -1.08. The molecule has 2 aromatic rings. The molecule has 6 nitrogen and oxygen atoms in total. The molecule has 6 heteroatoms. The molecule has 0 bridgehead atoms. The van der Waals surface area contributed by atoms with Crippen LogP contribution in [0.4, 0.5) is 5.82 Å². The van der Waals surface area contributed by atoms with Gasteiger partial charge in [-0.15, -0.1) is 0 Å². The van der Waals surface area contributed by atoms with Crippen molar-refractivity contribution in [2.24, 2.45) is 0 Å². The van der Waals surface area contributed by atoms with Crippen LogP contribution in [0.5, 0.6) is 5.75 Å². The van der Waals surface area contributed by atoms with E-state index in [1.54, 1.807) is 19.0 Å². The van der Waals surface area contributed by atoms with Crippen molar-refractivity contribution in [2.45, 2.75) is 20.0 Å². The molecule has 2 rings (SSSR count). The highest BCUT2D eigenvalue weighted by molar-refractivity contribution is 5.86. The lowest BCUT2D eigenvalue weighted by Crippen LogP contribution is -2.16. The molecule has 0 aliphatic heterocycles. The van der Waals surface area contributed by atoms with Crippen LogP contribution < -0.4 is 9.64 Å². The number of hydrogen-bond acceptors (Lipinski definition) is 5. The van der Waals surface area contributed by atoms with Gasteiger partial charge in [0.15, 0.2) is 11.5 Å². The molecule has 1 aromatic carbocycles. The summed E-state index contributed by atoms with van der Waals surface area (Å²) in [6.45, 7) is 2.21. The molecule has 22 heavy (non-hydrogen) atoms. The predicted molar refractivity (Wildman–Crippen MR) is 83.5 cm³/mol. The average molecular weight is 301 g/mol. The van der Waals surface area contributed by atoms with Crippen LogP contribution >= 0.6 is 0 Å². The highest BCUT2D eigenvalue weighted by Crippen LogP contribution is 2.15. The van der Waals surface area contributed by atoms with Crippen molar-refractivity contribution in [3.05, 3.63) is 47.4 Å². The second-order valence-corrected chi connectivity index (χ2v) is 5.01. The first-order valence-corrected chi connectivity index (χ1v) is 7.00. The van der Waals surface area contributed by atoms with E-state index in [9.17, 15) is 4.79 Å². The Labute approximate surface area is 129 Å². The zero-order chi connectivity index (χ0) is 16.1. The number of aryl methyl sites for hydroxylation is 1. The van der Waals surface area contributed by atoms with E-state index >= 15 is 0 Å². The van der Waals surface area contributed by atoms with Gasteiger partial charge >= 0.3 is 5.97 Å². The molecule has 0 saturated carbocycles. The van der Waals surface area contributed by atoms with Crippen LogP contribution in [0.3, 0.4) is 0 Å². The summed E-state index contributed by atoms with van der Waals surface area (Å²) < 4.78 is 5.62. The zero-order valence-corrected chi connectivity index (χ0v) is 12.9. The first-order chi connectivity index (χ1) is 10.5. The van der Waals surface area contributed by atoms with Gasteiger partial charge in [0.2, 0.25) is 0 Å². The largest absolute Gasteiger partial charge is 0.486 e. The molecule has 0 spiro atoms. The maximum Gasteiger partial charge on any atom is 0.354 e. The molecule has 1 N–H and O–H groups in total. The van der Waals surface area contributed by atoms with Crippen molar-refractivity contribution < 1.29 is 14.6 Å². The molecule has 0 aliphatic carbocycles. The van der Waals surface area contributed by atoms with E-state index in [1.165, 1.54) is 11.6 Å². The van der Waals surface area contributed by atoms with E-state index < -0.39 is 5.97 Å². The summed E-state index contributed by atoms with van der Waals surface area (Å²) in [6, 6.07) is 9.19. The van der Waals surface area contributed by atoms with Crippen molar-refractivity contribution >= 4 is 11.8 Å². The maximum absolute atomic E-state index is 11.1. The summed E-state index contributed by atoms with van der Waals surface area (Å²) in [7, 11) is 3.59. The van der Waals surface area contributed by atoms with Crippen LogP contribution in [-0.4, -0.2) is 35.1 Å². The number of hydrogen-bond donors (Lipinski definition) is 1. The van der Waals surface area contributed by atoms with Gasteiger partial charge in [-0.3, -0.25) is 0 Å². The van der Waals surface area contributed by atoms with Gasteiger partial charge in [0.25, 0.3) is 0 Å². The fraction of sp³-hybridized carbons (Fsp3) is 0.312. The molecule has 0 amide bonds. The number of carboxylic acids is 1. The summed E-state index contributed by atoms with van der Waals surface area (Å²) in [4.78, 5) is 21.1.